The summed E-state index contributed by atoms with van der Waals surface area (Å²) in [4.78, 5) is 11.8. The van der Waals surface area contributed by atoms with Crippen molar-refractivity contribution in [1.29, 1.82) is 0 Å². The summed E-state index contributed by atoms with van der Waals surface area (Å²) in [6.07, 6.45) is 1.09. The van der Waals surface area contributed by atoms with E-state index in [1.54, 1.807) is 0 Å². The fourth-order valence-electron chi connectivity index (χ4n) is 1.68. The topological polar surface area (TPSA) is 64.3 Å². The summed E-state index contributed by atoms with van der Waals surface area (Å²) in [6, 6.07) is 5.65. The second-order valence-electron chi connectivity index (χ2n) is 5.45. The number of rotatable bonds is 6. The van der Waals surface area contributed by atoms with Crippen LogP contribution in [0.3, 0.4) is 0 Å². The van der Waals surface area contributed by atoms with Gasteiger partial charge in [-0.15, -0.1) is 0 Å². The van der Waals surface area contributed by atoms with Gasteiger partial charge < -0.3 is 15.8 Å². The van der Waals surface area contributed by atoms with E-state index in [1.807, 2.05) is 45.9 Å². The monoisotopic (exact) mass is 264 g/mol. The molecule has 0 aliphatic rings. The Morgan fingerprint density at radius 3 is 2.63 bits per heavy atom. The van der Waals surface area contributed by atoms with E-state index in [1.165, 1.54) is 0 Å². The van der Waals surface area contributed by atoms with Crippen LogP contribution in [0.5, 0.6) is 5.75 Å². The second-order valence-corrected chi connectivity index (χ2v) is 5.45. The Labute approximate surface area is 115 Å². The third-order valence-corrected chi connectivity index (χ3v) is 2.78. The van der Waals surface area contributed by atoms with Gasteiger partial charge in [-0.2, -0.15) is 0 Å². The molecule has 1 rings (SSSR count). The molecule has 0 bridgehead atoms. The average Bonchev–Trinajstić information content (AvgIpc) is 2.30. The molecule has 1 amide bonds. The zero-order valence-electron chi connectivity index (χ0n) is 12.2. The highest BCUT2D eigenvalue weighted by molar-refractivity contribution is 5.91. The van der Waals surface area contributed by atoms with Gasteiger partial charge in [0.25, 0.3) is 0 Å². The van der Waals surface area contributed by atoms with Crippen molar-refractivity contribution in [2.24, 2.45) is 5.73 Å². The van der Waals surface area contributed by atoms with Crippen LogP contribution >= 0.6 is 0 Å². The first kappa shape index (κ1) is 15.5. The first-order chi connectivity index (χ1) is 8.81. The van der Waals surface area contributed by atoms with Crippen LogP contribution in [0, 0.1) is 6.92 Å². The molecule has 0 atom stereocenters. The van der Waals surface area contributed by atoms with Crippen molar-refractivity contribution in [1.82, 2.24) is 0 Å². The zero-order chi connectivity index (χ0) is 14.5. The fourth-order valence-corrected chi connectivity index (χ4v) is 1.68. The largest absolute Gasteiger partial charge is 0.494 e. The van der Waals surface area contributed by atoms with Crippen LogP contribution in [0.2, 0.25) is 0 Å². The number of hydrogen-bond acceptors (Lipinski definition) is 3. The molecule has 19 heavy (non-hydrogen) atoms. The lowest BCUT2D eigenvalue weighted by Gasteiger charge is -2.18. The van der Waals surface area contributed by atoms with E-state index >= 15 is 0 Å². The van der Waals surface area contributed by atoms with Crippen LogP contribution in [0.15, 0.2) is 18.2 Å². The van der Waals surface area contributed by atoms with E-state index in [4.69, 9.17) is 10.5 Å². The highest BCUT2D eigenvalue weighted by Gasteiger charge is 2.13. The number of anilines is 1. The van der Waals surface area contributed by atoms with Crippen LogP contribution in [0.4, 0.5) is 5.69 Å². The van der Waals surface area contributed by atoms with E-state index < -0.39 is 0 Å². The lowest BCUT2D eigenvalue weighted by atomic mass is 10.00. The Hall–Kier alpha value is -1.55. The number of hydrogen-bond donors (Lipinski definition) is 2. The van der Waals surface area contributed by atoms with Gasteiger partial charge in [0.2, 0.25) is 5.91 Å². The third kappa shape index (κ3) is 5.75. The van der Waals surface area contributed by atoms with Crippen molar-refractivity contribution in [2.45, 2.75) is 46.1 Å². The number of carbonyl (C=O) groups is 1. The summed E-state index contributed by atoms with van der Waals surface area (Å²) in [5.74, 6) is 0.812. The van der Waals surface area contributed by atoms with Crippen molar-refractivity contribution in [3.8, 4) is 5.75 Å². The van der Waals surface area contributed by atoms with Gasteiger partial charge in [-0.1, -0.05) is 0 Å². The first-order valence-electron chi connectivity index (χ1n) is 6.64. The van der Waals surface area contributed by atoms with Gasteiger partial charge in [-0.25, -0.2) is 0 Å². The lowest BCUT2D eigenvalue weighted by molar-refractivity contribution is -0.116. The van der Waals surface area contributed by atoms with Gasteiger partial charge in [-0.3, -0.25) is 4.79 Å². The first-order valence-corrected chi connectivity index (χ1v) is 6.64. The molecule has 0 unspecified atom stereocenters. The maximum atomic E-state index is 11.8. The molecule has 4 heteroatoms. The van der Waals surface area contributed by atoms with Gasteiger partial charge in [0.05, 0.1) is 6.61 Å². The number of amides is 1. The Balaban J connectivity index is 2.59. The standard InChI is InChI=1S/C15H24N2O2/c1-5-19-12-6-7-13(11(2)10-12)17-14(18)8-9-15(3,4)16/h6-7,10H,5,8-9,16H2,1-4H3,(H,17,18). The van der Waals surface area contributed by atoms with Crippen molar-refractivity contribution >= 4 is 11.6 Å². The fraction of sp³-hybridized carbons (Fsp3) is 0.533. The maximum Gasteiger partial charge on any atom is 0.224 e. The summed E-state index contributed by atoms with van der Waals surface area (Å²) in [6.45, 7) is 8.37. The molecule has 106 valence electrons. The minimum absolute atomic E-state index is 0.00853. The van der Waals surface area contributed by atoms with Gasteiger partial charge >= 0.3 is 0 Å². The lowest BCUT2D eigenvalue weighted by Crippen LogP contribution is -2.33. The van der Waals surface area contributed by atoms with Crippen LogP contribution < -0.4 is 15.8 Å². The molecular formula is C15H24N2O2. The molecule has 0 aromatic heterocycles. The van der Waals surface area contributed by atoms with Crippen molar-refractivity contribution in [3.63, 3.8) is 0 Å². The molecule has 0 saturated carbocycles. The number of nitrogens with two attached hydrogens (primary N) is 1. The van der Waals surface area contributed by atoms with Crippen molar-refractivity contribution in [3.05, 3.63) is 23.8 Å². The third-order valence-electron chi connectivity index (χ3n) is 2.78. The second kappa shape index (κ2) is 6.57. The van der Waals surface area contributed by atoms with Gasteiger partial charge in [-0.05, 0) is 57.9 Å². The molecule has 1 aromatic carbocycles. The molecule has 4 nitrogen and oxygen atoms in total. The van der Waals surface area contributed by atoms with E-state index in [9.17, 15) is 4.79 Å². The Bertz CT molecular complexity index is 436. The minimum atomic E-state index is -0.314. The molecule has 0 spiro atoms. The van der Waals surface area contributed by atoms with Gasteiger partial charge in [0.1, 0.15) is 5.75 Å². The maximum absolute atomic E-state index is 11.8. The molecule has 3 N–H and O–H groups in total. The van der Waals surface area contributed by atoms with Crippen molar-refractivity contribution < 1.29 is 9.53 Å². The number of nitrogens with one attached hydrogen (secondary N) is 1. The molecular weight excluding hydrogens is 240 g/mol. The van der Waals surface area contributed by atoms with Gasteiger partial charge in [0, 0.05) is 17.6 Å². The Morgan fingerprint density at radius 2 is 2.11 bits per heavy atom. The Kier molecular flexibility index (Phi) is 5.36. The summed E-state index contributed by atoms with van der Waals surface area (Å²) >= 11 is 0. The molecule has 0 heterocycles. The molecule has 0 radical (unpaired) electrons. The highest BCUT2D eigenvalue weighted by atomic mass is 16.5. The quantitative estimate of drug-likeness (QED) is 0.830. The number of aryl methyl sites for hydroxylation is 1. The summed E-state index contributed by atoms with van der Waals surface area (Å²) in [5, 5.41) is 2.90. The number of ether oxygens (including phenoxy) is 1. The number of carbonyl (C=O) groups excluding carboxylic acids is 1. The van der Waals surface area contributed by atoms with Crippen LogP contribution in [0.1, 0.15) is 39.2 Å². The molecule has 0 aliphatic heterocycles. The summed E-state index contributed by atoms with van der Waals surface area (Å²) < 4.78 is 5.41. The smallest absolute Gasteiger partial charge is 0.224 e. The minimum Gasteiger partial charge on any atom is -0.494 e. The van der Waals surface area contributed by atoms with Gasteiger partial charge in [0.15, 0.2) is 0 Å². The van der Waals surface area contributed by atoms with Crippen molar-refractivity contribution in [2.75, 3.05) is 11.9 Å². The SMILES string of the molecule is CCOc1ccc(NC(=O)CCC(C)(C)N)c(C)c1. The normalized spacial score (nSPS) is 11.2. The molecule has 1 aromatic rings. The van der Waals surface area contributed by atoms with Crippen LogP contribution in [-0.2, 0) is 4.79 Å². The van der Waals surface area contributed by atoms with Crippen LogP contribution in [-0.4, -0.2) is 18.1 Å². The predicted octanol–water partition coefficient (Wildman–Crippen LogP) is 2.85. The average molecular weight is 264 g/mol. The van der Waals surface area contributed by atoms with E-state index in [2.05, 4.69) is 5.32 Å². The Morgan fingerprint density at radius 1 is 1.42 bits per heavy atom. The summed E-state index contributed by atoms with van der Waals surface area (Å²) in [5.41, 5.74) is 7.36. The van der Waals surface area contributed by atoms with E-state index in [0.717, 1.165) is 17.0 Å². The van der Waals surface area contributed by atoms with E-state index in [-0.39, 0.29) is 11.4 Å². The predicted molar refractivity (Wildman–Crippen MR) is 78.5 cm³/mol. The highest BCUT2D eigenvalue weighted by Crippen LogP contribution is 2.21. The van der Waals surface area contributed by atoms with E-state index in [0.29, 0.717) is 19.4 Å². The molecule has 0 saturated heterocycles. The summed E-state index contributed by atoms with van der Waals surface area (Å²) in [7, 11) is 0. The molecule has 0 aliphatic carbocycles. The number of benzene rings is 1. The van der Waals surface area contributed by atoms with Crippen LogP contribution in [0.25, 0.3) is 0 Å². The molecule has 0 fully saturated rings. The zero-order valence-corrected chi connectivity index (χ0v) is 12.2.